The van der Waals surface area contributed by atoms with Gasteiger partial charge in [-0.3, -0.25) is 9.59 Å². The molecule has 5 nitrogen and oxygen atoms in total. The van der Waals surface area contributed by atoms with Crippen LogP contribution in [-0.2, 0) is 14.4 Å². The number of ketones is 2. The Bertz CT molecular complexity index is 773. The fourth-order valence-electron chi connectivity index (χ4n) is 8.55. The smallest absolute Gasteiger partial charge is 0.139 e. The van der Waals surface area contributed by atoms with Crippen molar-refractivity contribution >= 4 is 17.3 Å². The Morgan fingerprint density at radius 1 is 1.03 bits per heavy atom. The molecule has 0 amide bonds. The molecule has 0 aromatic rings. The largest absolute Gasteiger partial charge is 0.392 e. The van der Waals surface area contributed by atoms with E-state index in [9.17, 15) is 9.59 Å². The fourth-order valence-corrected chi connectivity index (χ4v) is 8.55. The maximum Gasteiger partial charge on any atom is 0.139 e. The van der Waals surface area contributed by atoms with Gasteiger partial charge in [-0.1, -0.05) is 25.9 Å². The first kappa shape index (κ1) is 21.6. The van der Waals surface area contributed by atoms with Gasteiger partial charge in [-0.25, -0.2) is 0 Å². The molecule has 5 heteroatoms. The summed E-state index contributed by atoms with van der Waals surface area (Å²) >= 11 is 0. The SMILES string of the molecule is CC[C@H]1/C(=N/OC2CCNCC2)CC[C@@]2(C)C1C(=O)C[C@@H]1[C@@H]2CC[C@]2(C)C(=O)CC[C@@H]12. The summed E-state index contributed by atoms with van der Waals surface area (Å²) in [6, 6.07) is 0. The molecule has 172 valence electrons. The van der Waals surface area contributed by atoms with Gasteiger partial charge in [-0.2, -0.15) is 0 Å². The van der Waals surface area contributed by atoms with Gasteiger partial charge in [0.15, 0.2) is 0 Å². The van der Waals surface area contributed by atoms with Crippen LogP contribution in [0.4, 0.5) is 0 Å². The molecule has 0 bridgehead atoms. The third-order valence-electron chi connectivity index (χ3n) is 10.3. The summed E-state index contributed by atoms with van der Waals surface area (Å²) in [7, 11) is 0. The van der Waals surface area contributed by atoms with Gasteiger partial charge in [-0.05, 0) is 87.6 Å². The molecule has 0 radical (unpaired) electrons. The van der Waals surface area contributed by atoms with Crippen LogP contribution in [0.1, 0.15) is 85.0 Å². The van der Waals surface area contributed by atoms with E-state index in [4.69, 9.17) is 4.84 Å². The van der Waals surface area contributed by atoms with Gasteiger partial charge in [0.1, 0.15) is 17.7 Å². The zero-order chi connectivity index (χ0) is 21.8. The van der Waals surface area contributed by atoms with Crippen molar-refractivity contribution in [3.05, 3.63) is 0 Å². The van der Waals surface area contributed by atoms with Crippen molar-refractivity contribution in [3.8, 4) is 0 Å². The van der Waals surface area contributed by atoms with E-state index in [2.05, 4.69) is 31.2 Å². The number of nitrogens with zero attached hydrogens (tertiary/aromatic N) is 1. The van der Waals surface area contributed by atoms with E-state index in [1.54, 1.807) is 0 Å². The summed E-state index contributed by atoms with van der Waals surface area (Å²) in [4.78, 5) is 32.4. The van der Waals surface area contributed by atoms with Crippen LogP contribution in [0.5, 0.6) is 0 Å². The lowest BCUT2D eigenvalue weighted by Crippen LogP contribution is -2.59. The van der Waals surface area contributed by atoms with E-state index < -0.39 is 0 Å². The second-order valence-electron chi connectivity index (χ2n) is 11.6. The first-order valence-corrected chi connectivity index (χ1v) is 12.9. The average Bonchev–Trinajstić information content (AvgIpc) is 3.07. The van der Waals surface area contributed by atoms with Crippen LogP contribution in [0.3, 0.4) is 0 Å². The van der Waals surface area contributed by atoms with E-state index in [0.717, 1.165) is 76.6 Å². The van der Waals surface area contributed by atoms with E-state index >= 15 is 0 Å². The molecule has 1 heterocycles. The molecule has 1 N–H and O–H groups in total. The van der Waals surface area contributed by atoms with Crippen molar-refractivity contribution in [1.29, 1.82) is 0 Å². The molecule has 0 aromatic carbocycles. The number of Topliss-reactive ketones (excluding diaryl/α,β-unsaturated/α-hetero) is 2. The molecule has 4 aliphatic carbocycles. The molecular formula is C26H40N2O3. The summed E-state index contributed by atoms with van der Waals surface area (Å²) < 4.78 is 0. The molecule has 5 aliphatic rings. The standard InChI is InChI=1S/C26H40N2O3/c1-4-17-21(28-31-16-9-13-27-14-10-16)8-12-26(3)20-7-11-25(2)19(5-6-23(25)30)18(20)15-22(29)24(17)26/h16-20,24,27H,4-15H2,1-3H3/b28-21+/t17-,18-,19-,20-,24?,25-,26+/m0/s1. The van der Waals surface area contributed by atoms with Crippen LogP contribution in [0.15, 0.2) is 5.16 Å². The van der Waals surface area contributed by atoms with Crippen molar-refractivity contribution in [2.45, 2.75) is 91.1 Å². The summed E-state index contributed by atoms with van der Waals surface area (Å²) in [5.74, 6) is 2.57. The minimum atomic E-state index is -0.168. The third-order valence-corrected chi connectivity index (χ3v) is 10.3. The Kier molecular flexibility index (Phi) is 5.55. The van der Waals surface area contributed by atoms with Crippen LogP contribution in [0.25, 0.3) is 0 Å². The minimum absolute atomic E-state index is 0.0431. The van der Waals surface area contributed by atoms with Crippen molar-refractivity contribution in [3.63, 3.8) is 0 Å². The maximum absolute atomic E-state index is 13.7. The lowest BCUT2D eigenvalue weighted by atomic mass is 9.43. The van der Waals surface area contributed by atoms with Crippen molar-refractivity contribution in [1.82, 2.24) is 5.32 Å². The zero-order valence-electron chi connectivity index (χ0n) is 19.6. The quantitative estimate of drug-likeness (QED) is 0.670. The fraction of sp³-hybridized carbons (Fsp3) is 0.885. The predicted molar refractivity (Wildman–Crippen MR) is 121 cm³/mol. The first-order valence-electron chi connectivity index (χ1n) is 12.9. The van der Waals surface area contributed by atoms with E-state index in [1.165, 1.54) is 0 Å². The van der Waals surface area contributed by atoms with E-state index in [0.29, 0.717) is 35.7 Å². The highest BCUT2D eigenvalue weighted by Gasteiger charge is 2.63. The number of oxime groups is 1. The monoisotopic (exact) mass is 428 g/mol. The van der Waals surface area contributed by atoms with E-state index in [-0.39, 0.29) is 28.8 Å². The second-order valence-corrected chi connectivity index (χ2v) is 11.6. The Morgan fingerprint density at radius 2 is 1.81 bits per heavy atom. The molecule has 0 aromatic heterocycles. The van der Waals surface area contributed by atoms with Gasteiger partial charge in [0, 0.05) is 30.1 Å². The Balaban J connectivity index is 1.39. The molecular weight excluding hydrogens is 388 g/mol. The number of nitrogens with one attached hydrogen (secondary N) is 1. The number of hydrogen-bond donors (Lipinski definition) is 1. The molecule has 4 saturated carbocycles. The number of carbonyl (C=O) groups excluding carboxylic acids is 2. The molecule has 5 rings (SSSR count). The van der Waals surface area contributed by atoms with Gasteiger partial charge in [0.05, 0.1) is 5.71 Å². The third kappa shape index (κ3) is 3.32. The Labute approximate surface area is 187 Å². The lowest BCUT2D eigenvalue weighted by Gasteiger charge is -2.60. The van der Waals surface area contributed by atoms with Gasteiger partial charge in [0.25, 0.3) is 0 Å². The van der Waals surface area contributed by atoms with Crippen LogP contribution >= 0.6 is 0 Å². The Hall–Kier alpha value is -1.23. The molecule has 1 saturated heterocycles. The molecule has 1 unspecified atom stereocenters. The first-order chi connectivity index (χ1) is 14.9. The molecule has 1 aliphatic heterocycles. The Morgan fingerprint density at radius 3 is 2.55 bits per heavy atom. The predicted octanol–water partition coefficient (Wildman–Crippen LogP) is 4.54. The highest BCUT2D eigenvalue weighted by Crippen LogP contribution is 2.65. The van der Waals surface area contributed by atoms with Gasteiger partial charge < -0.3 is 10.2 Å². The number of rotatable bonds is 3. The normalized spacial score (nSPS) is 47.1. The molecule has 5 fully saturated rings. The number of piperidine rings is 1. The highest BCUT2D eigenvalue weighted by atomic mass is 16.6. The number of carbonyl (C=O) groups is 2. The minimum Gasteiger partial charge on any atom is -0.392 e. The van der Waals surface area contributed by atoms with Gasteiger partial charge >= 0.3 is 0 Å². The van der Waals surface area contributed by atoms with Crippen molar-refractivity contribution in [2.75, 3.05) is 13.1 Å². The van der Waals surface area contributed by atoms with Crippen LogP contribution in [0.2, 0.25) is 0 Å². The number of hydrogen-bond acceptors (Lipinski definition) is 5. The van der Waals surface area contributed by atoms with Crippen LogP contribution in [-0.4, -0.2) is 36.5 Å². The van der Waals surface area contributed by atoms with Crippen LogP contribution < -0.4 is 5.32 Å². The summed E-state index contributed by atoms with van der Waals surface area (Å²) in [6.45, 7) is 8.80. The topological polar surface area (TPSA) is 67.8 Å². The van der Waals surface area contributed by atoms with Crippen molar-refractivity contribution in [2.24, 2.45) is 45.6 Å². The maximum atomic E-state index is 13.7. The zero-order valence-corrected chi connectivity index (χ0v) is 19.6. The number of fused-ring (bicyclic) bond motifs is 5. The second kappa shape index (κ2) is 7.97. The summed E-state index contributed by atoms with van der Waals surface area (Å²) in [6.07, 6.45) is 9.70. The molecule has 0 spiro atoms. The van der Waals surface area contributed by atoms with Crippen molar-refractivity contribution < 1.29 is 14.4 Å². The lowest BCUT2D eigenvalue weighted by molar-refractivity contribution is -0.156. The van der Waals surface area contributed by atoms with E-state index in [1.807, 2.05) is 0 Å². The summed E-state index contributed by atoms with van der Waals surface area (Å²) in [5.41, 5.74) is 1.01. The summed E-state index contributed by atoms with van der Waals surface area (Å²) in [5, 5.41) is 8.06. The van der Waals surface area contributed by atoms with Crippen LogP contribution in [0, 0.1) is 40.4 Å². The average molecular weight is 429 g/mol. The van der Waals surface area contributed by atoms with Gasteiger partial charge in [-0.15, -0.1) is 0 Å². The highest BCUT2D eigenvalue weighted by molar-refractivity contribution is 5.95. The van der Waals surface area contributed by atoms with Gasteiger partial charge in [0.2, 0.25) is 0 Å². The molecule has 7 atom stereocenters. The molecule has 31 heavy (non-hydrogen) atoms.